The molecule has 3 rings (SSSR count). The lowest BCUT2D eigenvalue weighted by molar-refractivity contribution is -0.0416. The number of ether oxygens (including phenoxy) is 3. The standard InChI is InChI=1S/C16H20N2O4/c1-19-13-6-4-3-5-12(13)7-8-14-17-18-15(22-14)16(20-2)9-10-21-11-16/h3-6H,7-11H2,1-2H3. The number of nitrogens with zero attached hydrogens (tertiary/aromatic N) is 2. The van der Waals surface area contributed by atoms with E-state index in [2.05, 4.69) is 10.2 Å². The first-order valence-electron chi connectivity index (χ1n) is 7.35. The van der Waals surface area contributed by atoms with Crippen LogP contribution in [0.15, 0.2) is 28.7 Å². The van der Waals surface area contributed by atoms with E-state index < -0.39 is 5.60 Å². The zero-order valence-corrected chi connectivity index (χ0v) is 12.9. The molecule has 0 N–H and O–H groups in total. The van der Waals surface area contributed by atoms with Gasteiger partial charge in [0.1, 0.15) is 5.75 Å². The molecule has 1 aliphatic rings. The Morgan fingerprint density at radius 3 is 2.77 bits per heavy atom. The molecule has 1 aromatic carbocycles. The van der Waals surface area contributed by atoms with Crippen LogP contribution in [0, 0.1) is 0 Å². The van der Waals surface area contributed by atoms with Crippen molar-refractivity contribution < 1.29 is 18.6 Å². The van der Waals surface area contributed by atoms with E-state index in [4.69, 9.17) is 18.6 Å². The van der Waals surface area contributed by atoms with Gasteiger partial charge in [-0.2, -0.15) is 0 Å². The van der Waals surface area contributed by atoms with Crippen molar-refractivity contribution in [2.75, 3.05) is 27.4 Å². The Hall–Kier alpha value is -1.92. The maximum atomic E-state index is 5.79. The smallest absolute Gasteiger partial charge is 0.250 e. The summed E-state index contributed by atoms with van der Waals surface area (Å²) in [5, 5.41) is 8.27. The minimum absolute atomic E-state index is 0.456. The molecule has 118 valence electrons. The van der Waals surface area contributed by atoms with Crippen LogP contribution in [0.25, 0.3) is 0 Å². The molecular formula is C16H20N2O4. The van der Waals surface area contributed by atoms with E-state index in [1.54, 1.807) is 14.2 Å². The maximum Gasteiger partial charge on any atom is 0.250 e. The zero-order valence-electron chi connectivity index (χ0n) is 12.9. The molecule has 0 saturated carbocycles. The first-order chi connectivity index (χ1) is 10.8. The molecule has 1 saturated heterocycles. The Morgan fingerprint density at radius 2 is 2.05 bits per heavy atom. The van der Waals surface area contributed by atoms with Crippen LogP contribution in [0.1, 0.15) is 23.8 Å². The van der Waals surface area contributed by atoms with E-state index in [-0.39, 0.29) is 0 Å². The van der Waals surface area contributed by atoms with Gasteiger partial charge in [0.05, 0.1) is 20.3 Å². The van der Waals surface area contributed by atoms with Crippen molar-refractivity contribution in [2.24, 2.45) is 0 Å². The summed E-state index contributed by atoms with van der Waals surface area (Å²) in [4.78, 5) is 0. The lowest BCUT2D eigenvalue weighted by Crippen LogP contribution is -2.29. The van der Waals surface area contributed by atoms with Gasteiger partial charge in [-0.25, -0.2) is 0 Å². The molecular weight excluding hydrogens is 284 g/mol. The van der Waals surface area contributed by atoms with Crippen LogP contribution in [-0.2, 0) is 27.9 Å². The third-order valence-corrected chi connectivity index (χ3v) is 4.03. The SMILES string of the molecule is COc1ccccc1CCc1nnc(C2(OC)CCOC2)o1. The quantitative estimate of drug-likeness (QED) is 0.814. The van der Waals surface area contributed by atoms with Gasteiger partial charge in [0, 0.05) is 20.0 Å². The van der Waals surface area contributed by atoms with Gasteiger partial charge in [-0.1, -0.05) is 18.2 Å². The third kappa shape index (κ3) is 2.84. The summed E-state index contributed by atoms with van der Waals surface area (Å²) in [7, 11) is 3.32. The van der Waals surface area contributed by atoms with Gasteiger partial charge in [-0.05, 0) is 18.1 Å². The minimum Gasteiger partial charge on any atom is -0.496 e. The van der Waals surface area contributed by atoms with Gasteiger partial charge in [0.25, 0.3) is 5.89 Å². The molecule has 0 radical (unpaired) electrons. The van der Waals surface area contributed by atoms with E-state index in [0.717, 1.165) is 24.2 Å². The molecule has 1 atom stereocenters. The van der Waals surface area contributed by atoms with Crippen molar-refractivity contribution >= 4 is 0 Å². The van der Waals surface area contributed by atoms with Gasteiger partial charge in [0.15, 0.2) is 5.60 Å². The molecule has 1 fully saturated rings. The van der Waals surface area contributed by atoms with E-state index >= 15 is 0 Å². The Balaban J connectivity index is 1.69. The Kier molecular flexibility index (Phi) is 4.40. The van der Waals surface area contributed by atoms with Crippen LogP contribution in [0.3, 0.4) is 0 Å². The number of hydrogen-bond donors (Lipinski definition) is 0. The predicted molar refractivity (Wildman–Crippen MR) is 78.8 cm³/mol. The summed E-state index contributed by atoms with van der Waals surface area (Å²) in [5.74, 6) is 1.98. The van der Waals surface area contributed by atoms with E-state index in [1.165, 1.54) is 0 Å². The second-order valence-corrected chi connectivity index (χ2v) is 5.31. The summed E-state index contributed by atoms with van der Waals surface area (Å²) < 4.78 is 22.1. The van der Waals surface area contributed by atoms with Crippen molar-refractivity contribution in [3.63, 3.8) is 0 Å². The van der Waals surface area contributed by atoms with Crippen LogP contribution in [0.5, 0.6) is 5.75 Å². The zero-order chi connectivity index (χ0) is 15.4. The fraction of sp³-hybridized carbons (Fsp3) is 0.500. The molecule has 6 nitrogen and oxygen atoms in total. The molecule has 1 unspecified atom stereocenters. The Bertz CT molecular complexity index is 620. The predicted octanol–water partition coefficient (Wildman–Crippen LogP) is 2.13. The molecule has 2 heterocycles. The highest BCUT2D eigenvalue weighted by molar-refractivity contribution is 5.33. The molecule has 0 aliphatic carbocycles. The van der Waals surface area contributed by atoms with Crippen molar-refractivity contribution in [1.82, 2.24) is 10.2 Å². The number of hydrogen-bond acceptors (Lipinski definition) is 6. The normalized spacial score (nSPS) is 21.2. The first kappa shape index (κ1) is 15.0. The van der Waals surface area contributed by atoms with Crippen molar-refractivity contribution in [3.8, 4) is 5.75 Å². The monoisotopic (exact) mass is 304 g/mol. The van der Waals surface area contributed by atoms with Gasteiger partial charge in [-0.3, -0.25) is 0 Å². The molecule has 0 amide bonds. The summed E-state index contributed by atoms with van der Waals surface area (Å²) in [6.45, 7) is 1.10. The minimum atomic E-state index is -0.588. The van der Waals surface area contributed by atoms with Crippen LogP contribution < -0.4 is 4.74 Å². The fourth-order valence-electron chi connectivity index (χ4n) is 2.65. The number of para-hydroxylation sites is 1. The van der Waals surface area contributed by atoms with Gasteiger partial charge >= 0.3 is 0 Å². The highest BCUT2D eigenvalue weighted by atomic mass is 16.6. The largest absolute Gasteiger partial charge is 0.496 e. The fourth-order valence-corrected chi connectivity index (χ4v) is 2.65. The second kappa shape index (κ2) is 6.46. The van der Waals surface area contributed by atoms with Gasteiger partial charge < -0.3 is 18.6 Å². The van der Waals surface area contributed by atoms with Crippen molar-refractivity contribution in [2.45, 2.75) is 24.9 Å². The first-order valence-corrected chi connectivity index (χ1v) is 7.35. The van der Waals surface area contributed by atoms with Crippen LogP contribution >= 0.6 is 0 Å². The number of rotatable bonds is 6. The summed E-state index contributed by atoms with van der Waals surface area (Å²) >= 11 is 0. The molecule has 0 bridgehead atoms. The molecule has 2 aromatic rings. The maximum absolute atomic E-state index is 5.79. The number of benzene rings is 1. The van der Waals surface area contributed by atoms with Crippen LogP contribution in [0.4, 0.5) is 0 Å². The molecule has 22 heavy (non-hydrogen) atoms. The van der Waals surface area contributed by atoms with Crippen LogP contribution in [0.2, 0.25) is 0 Å². The third-order valence-electron chi connectivity index (χ3n) is 4.03. The summed E-state index contributed by atoms with van der Waals surface area (Å²) in [5.41, 5.74) is 0.533. The van der Waals surface area contributed by atoms with E-state index in [0.29, 0.717) is 31.4 Å². The molecule has 1 aromatic heterocycles. The van der Waals surface area contributed by atoms with E-state index in [1.807, 2.05) is 24.3 Å². The lowest BCUT2D eigenvalue weighted by Gasteiger charge is -2.20. The number of aryl methyl sites for hydroxylation is 2. The summed E-state index contributed by atoms with van der Waals surface area (Å²) in [6, 6.07) is 7.93. The molecule has 6 heteroatoms. The van der Waals surface area contributed by atoms with Crippen LogP contribution in [-0.4, -0.2) is 37.6 Å². The average molecular weight is 304 g/mol. The van der Waals surface area contributed by atoms with Gasteiger partial charge in [-0.15, -0.1) is 10.2 Å². The number of methoxy groups -OCH3 is 2. The van der Waals surface area contributed by atoms with Crippen molar-refractivity contribution in [3.05, 3.63) is 41.6 Å². The highest BCUT2D eigenvalue weighted by Gasteiger charge is 2.42. The highest BCUT2D eigenvalue weighted by Crippen LogP contribution is 2.33. The topological polar surface area (TPSA) is 66.6 Å². The summed E-state index contributed by atoms with van der Waals surface area (Å²) in [6.07, 6.45) is 2.17. The van der Waals surface area contributed by atoms with E-state index in [9.17, 15) is 0 Å². The lowest BCUT2D eigenvalue weighted by atomic mass is 10.0. The van der Waals surface area contributed by atoms with Gasteiger partial charge in [0.2, 0.25) is 5.89 Å². The number of aromatic nitrogens is 2. The Labute approximate surface area is 129 Å². The second-order valence-electron chi connectivity index (χ2n) is 5.31. The Morgan fingerprint density at radius 1 is 1.18 bits per heavy atom. The van der Waals surface area contributed by atoms with Crippen molar-refractivity contribution in [1.29, 1.82) is 0 Å². The average Bonchev–Trinajstić information content (AvgIpc) is 3.23. The molecule has 0 spiro atoms. The molecule has 1 aliphatic heterocycles.